The third kappa shape index (κ3) is 2.21. The zero-order valence-corrected chi connectivity index (χ0v) is 8.80. The summed E-state index contributed by atoms with van der Waals surface area (Å²) < 4.78 is 37.4. The number of alkyl halides is 3. The van der Waals surface area contributed by atoms with Gasteiger partial charge in [-0.2, -0.15) is 13.2 Å². The second-order valence-electron chi connectivity index (χ2n) is 4.39. The summed E-state index contributed by atoms with van der Waals surface area (Å²) in [6.45, 7) is 0.634. The molecule has 0 unspecified atom stereocenters. The van der Waals surface area contributed by atoms with E-state index in [2.05, 4.69) is 0 Å². The molecule has 0 spiro atoms. The van der Waals surface area contributed by atoms with Crippen molar-refractivity contribution in [3.8, 4) is 0 Å². The van der Waals surface area contributed by atoms with E-state index in [4.69, 9.17) is 5.73 Å². The SMILES string of the molecule is NCC1CC(c2cccc(C(F)(F)F)c2)C1. The molecule has 1 aliphatic carbocycles. The Kier molecular flexibility index (Phi) is 2.93. The molecule has 0 aromatic heterocycles. The molecule has 1 saturated carbocycles. The van der Waals surface area contributed by atoms with Crippen LogP contribution in [0.2, 0.25) is 0 Å². The molecule has 0 aliphatic heterocycles. The number of rotatable bonds is 2. The van der Waals surface area contributed by atoms with E-state index < -0.39 is 11.7 Å². The largest absolute Gasteiger partial charge is 0.416 e. The first-order valence-electron chi connectivity index (χ1n) is 5.38. The maximum Gasteiger partial charge on any atom is 0.416 e. The Bertz CT molecular complexity index is 367. The Morgan fingerprint density at radius 3 is 2.50 bits per heavy atom. The van der Waals surface area contributed by atoms with E-state index >= 15 is 0 Å². The van der Waals surface area contributed by atoms with Gasteiger partial charge in [0.15, 0.2) is 0 Å². The normalized spacial score (nSPS) is 25.2. The first-order valence-corrected chi connectivity index (χ1v) is 5.38. The molecular weight excluding hydrogens is 215 g/mol. The van der Waals surface area contributed by atoms with E-state index in [0.717, 1.165) is 24.5 Å². The minimum atomic E-state index is -4.24. The van der Waals surface area contributed by atoms with Crippen molar-refractivity contribution in [1.29, 1.82) is 0 Å². The number of nitrogens with two attached hydrogens (primary N) is 1. The lowest BCUT2D eigenvalue weighted by molar-refractivity contribution is -0.137. The van der Waals surface area contributed by atoms with Crippen molar-refractivity contribution in [1.82, 2.24) is 0 Å². The minimum absolute atomic E-state index is 0.260. The van der Waals surface area contributed by atoms with E-state index in [1.165, 1.54) is 12.1 Å². The summed E-state index contributed by atoms with van der Waals surface area (Å²) in [5, 5.41) is 0. The van der Waals surface area contributed by atoms with Crippen LogP contribution in [-0.2, 0) is 6.18 Å². The fraction of sp³-hybridized carbons (Fsp3) is 0.500. The molecule has 0 saturated heterocycles. The maximum absolute atomic E-state index is 12.5. The molecule has 0 amide bonds. The van der Waals surface area contributed by atoms with E-state index in [1.807, 2.05) is 0 Å². The van der Waals surface area contributed by atoms with Gasteiger partial charge in [0.25, 0.3) is 0 Å². The van der Waals surface area contributed by atoms with Gasteiger partial charge < -0.3 is 5.73 Å². The number of benzene rings is 1. The van der Waals surface area contributed by atoms with E-state index in [0.29, 0.717) is 12.5 Å². The first kappa shape index (κ1) is 11.5. The summed E-state index contributed by atoms with van der Waals surface area (Å²) in [4.78, 5) is 0. The van der Waals surface area contributed by atoms with E-state index in [-0.39, 0.29) is 5.92 Å². The monoisotopic (exact) mass is 229 g/mol. The molecule has 1 nitrogen and oxygen atoms in total. The number of hydrogen-bond acceptors (Lipinski definition) is 1. The topological polar surface area (TPSA) is 26.0 Å². The molecule has 1 aromatic rings. The highest BCUT2D eigenvalue weighted by atomic mass is 19.4. The summed E-state index contributed by atoms with van der Waals surface area (Å²) in [5.41, 5.74) is 5.73. The summed E-state index contributed by atoms with van der Waals surface area (Å²) in [6, 6.07) is 5.63. The molecule has 0 atom stereocenters. The van der Waals surface area contributed by atoms with Gasteiger partial charge in [-0.25, -0.2) is 0 Å². The molecule has 4 heteroatoms. The van der Waals surface area contributed by atoms with Gasteiger partial charge in [0.2, 0.25) is 0 Å². The van der Waals surface area contributed by atoms with Gasteiger partial charge in [-0.15, -0.1) is 0 Å². The van der Waals surface area contributed by atoms with Crippen LogP contribution in [0.4, 0.5) is 13.2 Å². The first-order chi connectivity index (χ1) is 7.50. The van der Waals surface area contributed by atoms with Crippen molar-refractivity contribution in [2.45, 2.75) is 24.9 Å². The Balaban J connectivity index is 2.12. The van der Waals surface area contributed by atoms with Crippen LogP contribution >= 0.6 is 0 Å². The second kappa shape index (κ2) is 4.09. The highest BCUT2D eigenvalue weighted by molar-refractivity contribution is 5.29. The van der Waals surface area contributed by atoms with Crippen molar-refractivity contribution in [3.05, 3.63) is 35.4 Å². The molecule has 0 radical (unpaired) electrons. The Morgan fingerprint density at radius 1 is 1.25 bits per heavy atom. The summed E-state index contributed by atoms with van der Waals surface area (Å²) in [6.07, 6.45) is -2.41. The van der Waals surface area contributed by atoms with Crippen LogP contribution in [0.15, 0.2) is 24.3 Å². The molecule has 1 aliphatic rings. The van der Waals surface area contributed by atoms with Crippen molar-refractivity contribution in [2.24, 2.45) is 11.7 Å². The van der Waals surface area contributed by atoms with E-state index in [1.54, 1.807) is 6.07 Å². The highest BCUT2D eigenvalue weighted by Gasteiger charge is 2.33. The lowest BCUT2D eigenvalue weighted by atomic mass is 9.71. The average molecular weight is 229 g/mol. The molecule has 2 rings (SSSR count). The van der Waals surface area contributed by atoms with Gasteiger partial charge in [-0.1, -0.05) is 18.2 Å². The van der Waals surface area contributed by atoms with Crippen molar-refractivity contribution in [2.75, 3.05) is 6.54 Å². The van der Waals surface area contributed by atoms with Crippen LogP contribution in [-0.4, -0.2) is 6.54 Å². The molecule has 1 aromatic carbocycles. The Hall–Kier alpha value is -1.03. The van der Waals surface area contributed by atoms with Gasteiger partial charge >= 0.3 is 6.18 Å². The van der Waals surface area contributed by atoms with Gasteiger partial charge in [-0.05, 0) is 42.9 Å². The Labute approximate surface area is 92.5 Å². The second-order valence-corrected chi connectivity index (χ2v) is 4.39. The van der Waals surface area contributed by atoms with Crippen molar-refractivity contribution in [3.63, 3.8) is 0 Å². The predicted molar refractivity (Wildman–Crippen MR) is 56.0 cm³/mol. The van der Waals surface area contributed by atoms with Crippen molar-refractivity contribution < 1.29 is 13.2 Å². The maximum atomic E-state index is 12.5. The molecule has 0 bridgehead atoms. The van der Waals surface area contributed by atoms with Crippen LogP contribution in [0.3, 0.4) is 0 Å². The van der Waals surface area contributed by atoms with Crippen molar-refractivity contribution >= 4 is 0 Å². The van der Waals surface area contributed by atoms with E-state index in [9.17, 15) is 13.2 Å². The molecule has 0 heterocycles. The summed E-state index contributed by atoms with van der Waals surface area (Å²) >= 11 is 0. The lowest BCUT2D eigenvalue weighted by Crippen LogP contribution is -2.28. The quantitative estimate of drug-likeness (QED) is 0.828. The lowest BCUT2D eigenvalue weighted by Gasteiger charge is -2.35. The highest BCUT2D eigenvalue weighted by Crippen LogP contribution is 2.42. The van der Waals surface area contributed by atoms with Crippen LogP contribution in [0.25, 0.3) is 0 Å². The van der Waals surface area contributed by atoms with Crippen LogP contribution in [0, 0.1) is 5.92 Å². The summed E-state index contributed by atoms with van der Waals surface area (Å²) in [5.74, 6) is 0.746. The van der Waals surface area contributed by atoms with Gasteiger partial charge in [0.05, 0.1) is 5.56 Å². The van der Waals surface area contributed by atoms with Gasteiger partial charge in [0, 0.05) is 0 Å². The number of halogens is 3. The fourth-order valence-electron chi connectivity index (χ4n) is 2.17. The van der Waals surface area contributed by atoms with Crippen LogP contribution in [0.5, 0.6) is 0 Å². The third-order valence-electron chi connectivity index (χ3n) is 3.25. The Morgan fingerprint density at radius 2 is 1.94 bits per heavy atom. The van der Waals surface area contributed by atoms with Crippen LogP contribution < -0.4 is 5.73 Å². The number of hydrogen-bond donors (Lipinski definition) is 1. The van der Waals surface area contributed by atoms with Gasteiger partial charge in [-0.3, -0.25) is 0 Å². The molecule has 1 fully saturated rings. The molecular formula is C12H14F3N. The van der Waals surface area contributed by atoms with Crippen LogP contribution in [0.1, 0.15) is 29.9 Å². The standard InChI is InChI=1S/C12H14F3N/c13-12(14,15)11-3-1-2-9(6-11)10-4-8(5-10)7-16/h1-3,6,8,10H,4-5,7,16H2. The zero-order valence-electron chi connectivity index (χ0n) is 8.80. The molecule has 88 valence electrons. The average Bonchev–Trinajstić information content (AvgIpc) is 2.15. The molecule has 2 N–H and O–H groups in total. The minimum Gasteiger partial charge on any atom is -0.330 e. The smallest absolute Gasteiger partial charge is 0.330 e. The van der Waals surface area contributed by atoms with Gasteiger partial charge in [0.1, 0.15) is 0 Å². The molecule has 16 heavy (non-hydrogen) atoms. The predicted octanol–water partition coefficient (Wildman–Crippen LogP) is 3.16. The third-order valence-corrected chi connectivity index (χ3v) is 3.25. The zero-order chi connectivity index (χ0) is 11.8. The summed E-state index contributed by atoms with van der Waals surface area (Å²) in [7, 11) is 0. The fourth-order valence-corrected chi connectivity index (χ4v) is 2.17.